The summed E-state index contributed by atoms with van der Waals surface area (Å²) >= 11 is 0. The number of hydrogen-bond donors (Lipinski definition) is 2. The Bertz CT molecular complexity index is 569. The summed E-state index contributed by atoms with van der Waals surface area (Å²) in [5.41, 5.74) is 8.05. The third-order valence-electron chi connectivity index (χ3n) is 2.62. The third-order valence-corrected chi connectivity index (χ3v) is 2.62. The van der Waals surface area contributed by atoms with E-state index in [0.29, 0.717) is 18.0 Å². The molecule has 2 aromatic rings. The standard InChI is InChI=1S/C11H13N3O3/c1-6-10(12)7(2)14(13-6)5-8-3-4-9(17-8)11(15)16/h3-4H,5,12H2,1-2H3,(H,15,16). The average molecular weight is 235 g/mol. The lowest BCUT2D eigenvalue weighted by Crippen LogP contribution is -2.03. The maximum Gasteiger partial charge on any atom is 0.371 e. The minimum absolute atomic E-state index is 0.0745. The molecule has 0 fully saturated rings. The zero-order valence-electron chi connectivity index (χ0n) is 9.60. The summed E-state index contributed by atoms with van der Waals surface area (Å²) in [6.07, 6.45) is 0. The van der Waals surface area contributed by atoms with E-state index < -0.39 is 5.97 Å². The van der Waals surface area contributed by atoms with E-state index in [0.717, 1.165) is 11.4 Å². The van der Waals surface area contributed by atoms with E-state index in [1.807, 2.05) is 13.8 Å². The number of nitrogens with zero attached hydrogens (tertiary/aromatic N) is 2. The SMILES string of the molecule is Cc1nn(Cc2ccc(C(=O)O)o2)c(C)c1N. The van der Waals surface area contributed by atoms with Crippen LogP contribution in [0.5, 0.6) is 0 Å². The van der Waals surface area contributed by atoms with Gasteiger partial charge in [-0.3, -0.25) is 4.68 Å². The molecule has 3 N–H and O–H groups in total. The van der Waals surface area contributed by atoms with Gasteiger partial charge in [0.2, 0.25) is 5.76 Å². The van der Waals surface area contributed by atoms with Crippen LogP contribution in [0.25, 0.3) is 0 Å². The zero-order chi connectivity index (χ0) is 12.6. The van der Waals surface area contributed by atoms with Crippen LogP contribution in [0.3, 0.4) is 0 Å². The van der Waals surface area contributed by atoms with Crippen molar-refractivity contribution in [3.8, 4) is 0 Å². The number of hydrogen-bond acceptors (Lipinski definition) is 4. The molecule has 0 bridgehead atoms. The molecule has 0 atom stereocenters. The number of carbonyl (C=O) groups is 1. The number of aryl methyl sites for hydroxylation is 1. The topological polar surface area (TPSA) is 94.3 Å². The molecule has 0 saturated carbocycles. The largest absolute Gasteiger partial charge is 0.475 e. The third kappa shape index (κ3) is 2.01. The van der Waals surface area contributed by atoms with E-state index in [1.165, 1.54) is 6.07 Å². The van der Waals surface area contributed by atoms with Crippen LogP contribution in [0.2, 0.25) is 0 Å². The summed E-state index contributed by atoms with van der Waals surface area (Å²) in [5.74, 6) is -0.619. The Balaban J connectivity index is 2.25. The van der Waals surface area contributed by atoms with Crippen molar-refractivity contribution < 1.29 is 14.3 Å². The highest BCUT2D eigenvalue weighted by molar-refractivity contribution is 5.84. The fraction of sp³-hybridized carbons (Fsp3) is 0.273. The Labute approximate surface area is 97.6 Å². The van der Waals surface area contributed by atoms with Crippen LogP contribution < -0.4 is 5.73 Å². The molecule has 0 aliphatic heterocycles. The number of carboxylic acids is 1. The number of carboxylic acid groups (broad SMARTS) is 1. The molecule has 6 heteroatoms. The van der Waals surface area contributed by atoms with E-state index in [1.54, 1.807) is 10.7 Å². The van der Waals surface area contributed by atoms with Crippen LogP contribution >= 0.6 is 0 Å². The number of aromatic nitrogens is 2. The first kappa shape index (κ1) is 11.3. The fourth-order valence-corrected chi connectivity index (χ4v) is 1.59. The second kappa shape index (κ2) is 3.97. The molecule has 90 valence electrons. The quantitative estimate of drug-likeness (QED) is 0.839. The van der Waals surface area contributed by atoms with Gasteiger partial charge in [-0.2, -0.15) is 5.10 Å². The monoisotopic (exact) mass is 235 g/mol. The fourth-order valence-electron chi connectivity index (χ4n) is 1.59. The van der Waals surface area contributed by atoms with Crippen LogP contribution in [0.4, 0.5) is 5.69 Å². The smallest absolute Gasteiger partial charge is 0.371 e. The summed E-state index contributed by atoms with van der Waals surface area (Å²) in [7, 11) is 0. The number of anilines is 1. The molecule has 0 saturated heterocycles. The van der Waals surface area contributed by atoms with Crippen LogP contribution in [-0.4, -0.2) is 20.9 Å². The van der Waals surface area contributed by atoms with Crippen molar-refractivity contribution in [1.29, 1.82) is 0 Å². The minimum Gasteiger partial charge on any atom is -0.475 e. The highest BCUT2D eigenvalue weighted by atomic mass is 16.4. The number of furan rings is 1. The number of aromatic carboxylic acids is 1. The molecule has 6 nitrogen and oxygen atoms in total. The van der Waals surface area contributed by atoms with E-state index in [-0.39, 0.29) is 5.76 Å². The minimum atomic E-state index is -1.08. The first-order chi connectivity index (χ1) is 7.99. The molecule has 0 spiro atoms. The maximum absolute atomic E-state index is 10.7. The van der Waals surface area contributed by atoms with Crippen LogP contribution in [0.1, 0.15) is 27.7 Å². The summed E-state index contributed by atoms with van der Waals surface area (Å²) < 4.78 is 6.84. The van der Waals surface area contributed by atoms with Gasteiger partial charge in [-0.05, 0) is 26.0 Å². The van der Waals surface area contributed by atoms with Gasteiger partial charge in [0.1, 0.15) is 5.76 Å². The van der Waals surface area contributed by atoms with Crippen molar-refractivity contribution in [2.75, 3.05) is 5.73 Å². The summed E-state index contributed by atoms with van der Waals surface area (Å²) in [5, 5.41) is 13.0. The molecule has 0 aliphatic carbocycles. The number of nitrogens with two attached hydrogens (primary N) is 1. The summed E-state index contributed by atoms with van der Waals surface area (Å²) in [6.45, 7) is 4.05. The van der Waals surface area contributed by atoms with Crippen molar-refractivity contribution in [2.45, 2.75) is 20.4 Å². The molecule has 0 radical (unpaired) electrons. The predicted molar refractivity (Wildman–Crippen MR) is 60.9 cm³/mol. The second-order valence-corrected chi connectivity index (χ2v) is 3.81. The zero-order valence-corrected chi connectivity index (χ0v) is 9.60. The van der Waals surface area contributed by atoms with Gasteiger partial charge in [-0.25, -0.2) is 4.79 Å². The lowest BCUT2D eigenvalue weighted by atomic mass is 10.3. The van der Waals surface area contributed by atoms with Gasteiger partial charge in [0.25, 0.3) is 0 Å². The van der Waals surface area contributed by atoms with Gasteiger partial charge in [-0.15, -0.1) is 0 Å². The normalized spacial score (nSPS) is 10.7. The molecule has 0 aliphatic rings. The molecule has 0 aromatic carbocycles. The first-order valence-corrected chi connectivity index (χ1v) is 5.10. The van der Waals surface area contributed by atoms with Crippen molar-refractivity contribution in [3.63, 3.8) is 0 Å². The van der Waals surface area contributed by atoms with Gasteiger partial charge in [0.15, 0.2) is 0 Å². The lowest BCUT2D eigenvalue weighted by Gasteiger charge is -2.01. The van der Waals surface area contributed by atoms with Crippen molar-refractivity contribution >= 4 is 11.7 Å². The maximum atomic E-state index is 10.7. The number of nitrogen functional groups attached to an aromatic ring is 1. The molecule has 17 heavy (non-hydrogen) atoms. The Kier molecular flexibility index (Phi) is 2.63. The van der Waals surface area contributed by atoms with E-state index in [2.05, 4.69) is 5.10 Å². The van der Waals surface area contributed by atoms with Gasteiger partial charge < -0.3 is 15.3 Å². The van der Waals surface area contributed by atoms with Crippen molar-refractivity contribution in [2.24, 2.45) is 0 Å². The average Bonchev–Trinajstić information content (AvgIpc) is 2.82. The van der Waals surface area contributed by atoms with E-state index >= 15 is 0 Å². The van der Waals surface area contributed by atoms with Gasteiger partial charge >= 0.3 is 5.97 Å². The Hall–Kier alpha value is -2.24. The van der Waals surface area contributed by atoms with E-state index in [4.69, 9.17) is 15.3 Å². The van der Waals surface area contributed by atoms with Crippen LogP contribution in [0.15, 0.2) is 16.5 Å². The van der Waals surface area contributed by atoms with Crippen molar-refractivity contribution in [3.05, 3.63) is 35.0 Å². The Morgan fingerprint density at radius 3 is 2.71 bits per heavy atom. The molecule has 0 unspecified atom stereocenters. The molecule has 2 rings (SSSR count). The van der Waals surface area contributed by atoms with Crippen molar-refractivity contribution in [1.82, 2.24) is 9.78 Å². The highest BCUT2D eigenvalue weighted by Crippen LogP contribution is 2.17. The first-order valence-electron chi connectivity index (χ1n) is 5.10. The molecule has 0 amide bonds. The van der Waals surface area contributed by atoms with Crippen LogP contribution in [-0.2, 0) is 6.54 Å². The summed E-state index contributed by atoms with van der Waals surface area (Å²) in [4.78, 5) is 10.7. The molecule has 2 aromatic heterocycles. The lowest BCUT2D eigenvalue weighted by molar-refractivity contribution is 0.0660. The Morgan fingerprint density at radius 1 is 1.53 bits per heavy atom. The highest BCUT2D eigenvalue weighted by Gasteiger charge is 2.12. The number of rotatable bonds is 3. The van der Waals surface area contributed by atoms with Gasteiger partial charge in [0, 0.05) is 0 Å². The van der Waals surface area contributed by atoms with Gasteiger partial charge in [-0.1, -0.05) is 0 Å². The summed E-state index contributed by atoms with van der Waals surface area (Å²) in [6, 6.07) is 3.04. The Morgan fingerprint density at radius 2 is 2.24 bits per heavy atom. The van der Waals surface area contributed by atoms with Crippen LogP contribution in [0, 0.1) is 13.8 Å². The molecular formula is C11H13N3O3. The van der Waals surface area contributed by atoms with Gasteiger partial charge in [0.05, 0.1) is 23.6 Å². The molecular weight excluding hydrogens is 222 g/mol. The second-order valence-electron chi connectivity index (χ2n) is 3.81. The predicted octanol–water partition coefficient (Wildman–Crippen LogP) is 1.42. The molecule has 2 heterocycles. The van der Waals surface area contributed by atoms with E-state index in [9.17, 15) is 4.79 Å².